The molecule has 5 nitrogen and oxygen atoms in total. The van der Waals surface area contributed by atoms with E-state index in [-0.39, 0.29) is 11.9 Å². The van der Waals surface area contributed by atoms with Gasteiger partial charge in [0.1, 0.15) is 5.15 Å². The highest BCUT2D eigenvalue weighted by molar-refractivity contribution is 9.10. The number of nitrogens with zero attached hydrogens (tertiary/aromatic N) is 3. The molecule has 1 aliphatic heterocycles. The summed E-state index contributed by atoms with van der Waals surface area (Å²) in [6.45, 7) is 3.68. The molecule has 8 heteroatoms. The summed E-state index contributed by atoms with van der Waals surface area (Å²) in [5, 5.41) is 6.13. The average molecular weight is 492 g/mol. The van der Waals surface area contributed by atoms with Gasteiger partial charge in [0, 0.05) is 33.2 Å². The summed E-state index contributed by atoms with van der Waals surface area (Å²) < 4.78 is 0.941. The van der Waals surface area contributed by atoms with Crippen LogP contribution < -0.4 is 5.32 Å². The molecule has 2 aromatic heterocycles. The minimum absolute atomic E-state index is 0.154. The van der Waals surface area contributed by atoms with Crippen LogP contribution in [0.15, 0.2) is 46.3 Å². The van der Waals surface area contributed by atoms with Gasteiger partial charge in [-0.2, -0.15) is 0 Å². The van der Waals surface area contributed by atoms with Gasteiger partial charge in [-0.3, -0.25) is 15.0 Å². The summed E-state index contributed by atoms with van der Waals surface area (Å²) in [6.07, 6.45) is 2.15. The molecule has 1 fully saturated rings. The van der Waals surface area contributed by atoms with Gasteiger partial charge in [0.2, 0.25) is 0 Å². The Morgan fingerprint density at radius 1 is 1.28 bits per heavy atom. The highest BCUT2D eigenvalue weighted by atomic mass is 79.9. The minimum Gasteiger partial charge on any atom is -0.298 e. The van der Waals surface area contributed by atoms with E-state index in [9.17, 15) is 4.79 Å². The fourth-order valence-corrected chi connectivity index (χ4v) is 4.78. The van der Waals surface area contributed by atoms with E-state index in [4.69, 9.17) is 16.6 Å². The zero-order chi connectivity index (χ0) is 20.4. The molecule has 1 saturated heterocycles. The maximum Gasteiger partial charge on any atom is 0.257 e. The van der Waals surface area contributed by atoms with Crippen molar-refractivity contribution < 1.29 is 4.79 Å². The summed E-state index contributed by atoms with van der Waals surface area (Å²) in [6, 6.07) is 11.5. The lowest BCUT2D eigenvalue weighted by Gasteiger charge is -2.23. The van der Waals surface area contributed by atoms with Crippen molar-refractivity contribution in [3.63, 3.8) is 0 Å². The van der Waals surface area contributed by atoms with Gasteiger partial charge in [-0.25, -0.2) is 9.97 Å². The second-order valence-corrected chi connectivity index (χ2v) is 9.20. The van der Waals surface area contributed by atoms with E-state index < -0.39 is 0 Å². The average Bonchev–Trinajstić information content (AvgIpc) is 3.33. The quantitative estimate of drug-likeness (QED) is 0.455. The first-order chi connectivity index (χ1) is 14.0. The second-order valence-electron chi connectivity index (χ2n) is 7.07. The molecule has 1 aliphatic rings. The van der Waals surface area contributed by atoms with Gasteiger partial charge in [0.05, 0.1) is 11.7 Å². The number of aromatic nitrogens is 2. The Balaban J connectivity index is 1.45. The Labute approximate surface area is 187 Å². The van der Waals surface area contributed by atoms with Crippen LogP contribution in [0.4, 0.5) is 5.13 Å². The molecule has 4 rings (SSSR count). The van der Waals surface area contributed by atoms with Crippen LogP contribution in [-0.4, -0.2) is 27.3 Å². The number of pyridine rings is 1. The van der Waals surface area contributed by atoms with Crippen molar-refractivity contribution in [2.24, 2.45) is 0 Å². The van der Waals surface area contributed by atoms with Crippen molar-refractivity contribution >= 4 is 49.9 Å². The molecule has 0 radical (unpaired) electrons. The molecule has 0 spiro atoms. The Morgan fingerprint density at radius 2 is 2.07 bits per heavy atom. The first kappa shape index (κ1) is 20.5. The highest BCUT2D eigenvalue weighted by Gasteiger charge is 2.28. The normalized spacial score (nSPS) is 16.9. The molecule has 0 saturated carbocycles. The molecule has 1 aromatic carbocycles. The van der Waals surface area contributed by atoms with Crippen molar-refractivity contribution in [2.45, 2.75) is 32.4 Å². The SMILES string of the molecule is Cc1ccc(CN2CCC[C@@H]2c2csc(NC(=O)c3ccc(Br)cc3)n2)c(Cl)n1. The molecule has 0 aliphatic carbocycles. The number of rotatable bonds is 5. The highest BCUT2D eigenvalue weighted by Crippen LogP contribution is 2.35. The van der Waals surface area contributed by atoms with Gasteiger partial charge in [-0.05, 0) is 56.6 Å². The summed E-state index contributed by atoms with van der Waals surface area (Å²) in [5.41, 5.74) is 3.55. The zero-order valence-electron chi connectivity index (χ0n) is 15.9. The number of thiazole rings is 1. The Bertz CT molecular complexity index is 1020. The number of amides is 1. The van der Waals surface area contributed by atoms with E-state index in [1.165, 1.54) is 11.3 Å². The number of nitrogens with one attached hydrogen (secondary N) is 1. The zero-order valence-corrected chi connectivity index (χ0v) is 19.0. The fraction of sp³-hybridized carbons (Fsp3) is 0.286. The maximum atomic E-state index is 12.4. The molecule has 29 heavy (non-hydrogen) atoms. The van der Waals surface area contributed by atoms with Gasteiger partial charge in [0.25, 0.3) is 5.91 Å². The second kappa shape index (κ2) is 8.92. The Hall–Kier alpha value is -1.80. The van der Waals surface area contributed by atoms with Crippen molar-refractivity contribution in [2.75, 3.05) is 11.9 Å². The van der Waals surface area contributed by atoms with E-state index >= 15 is 0 Å². The van der Waals surface area contributed by atoms with Crippen LogP contribution in [-0.2, 0) is 6.54 Å². The number of likely N-dealkylation sites (tertiary alicyclic amines) is 1. The summed E-state index contributed by atoms with van der Waals surface area (Å²) in [5.74, 6) is -0.154. The largest absolute Gasteiger partial charge is 0.298 e. The van der Waals surface area contributed by atoms with Crippen LogP contribution in [0.25, 0.3) is 0 Å². The van der Waals surface area contributed by atoms with Crippen LogP contribution in [0.5, 0.6) is 0 Å². The molecule has 1 atom stereocenters. The van der Waals surface area contributed by atoms with Crippen molar-refractivity contribution in [1.29, 1.82) is 0 Å². The van der Waals surface area contributed by atoms with E-state index in [2.05, 4.69) is 31.1 Å². The van der Waals surface area contributed by atoms with Crippen LogP contribution in [0.1, 0.15) is 46.2 Å². The van der Waals surface area contributed by atoms with E-state index in [1.807, 2.05) is 36.6 Å². The lowest BCUT2D eigenvalue weighted by Crippen LogP contribution is -2.23. The van der Waals surface area contributed by atoms with Crippen molar-refractivity contribution in [3.05, 3.63) is 73.9 Å². The monoisotopic (exact) mass is 490 g/mol. The van der Waals surface area contributed by atoms with Crippen LogP contribution in [0.3, 0.4) is 0 Å². The molecule has 0 bridgehead atoms. The van der Waals surface area contributed by atoms with E-state index in [0.717, 1.165) is 47.4 Å². The van der Waals surface area contributed by atoms with Gasteiger partial charge in [0.15, 0.2) is 5.13 Å². The Kier molecular flexibility index (Phi) is 6.29. The van der Waals surface area contributed by atoms with E-state index in [0.29, 0.717) is 15.8 Å². The maximum absolute atomic E-state index is 12.4. The molecular formula is C21H20BrClN4OS. The van der Waals surface area contributed by atoms with Crippen molar-refractivity contribution in [3.8, 4) is 0 Å². The third-order valence-corrected chi connectivity index (χ3v) is 6.62. The number of aryl methyl sites for hydroxylation is 1. The number of benzene rings is 1. The summed E-state index contributed by atoms with van der Waals surface area (Å²) in [7, 11) is 0. The van der Waals surface area contributed by atoms with Gasteiger partial charge in [-0.1, -0.05) is 33.6 Å². The molecule has 3 heterocycles. The van der Waals surface area contributed by atoms with E-state index in [1.54, 1.807) is 12.1 Å². The molecule has 1 amide bonds. The third kappa shape index (κ3) is 4.86. The number of halogens is 2. The Morgan fingerprint density at radius 3 is 2.83 bits per heavy atom. The topological polar surface area (TPSA) is 58.1 Å². The number of anilines is 1. The standard InChI is InChI=1S/C21H20BrClN4OS/c1-13-4-5-15(19(23)24-13)11-27-10-2-3-18(27)17-12-29-21(25-17)26-20(28)14-6-8-16(22)9-7-14/h4-9,12,18H,2-3,10-11H2,1H3,(H,25,26,28)/t18-/m1/s1. The third-order valence-electron chi connectivity index (χ3n) is 4.99. The van der Waals surface area contributed by atoms with Gasteiger partial charge >= 0.3 is 0 Å². The number of carbonyl (C=O) groups is 1. The van der Waals surface area contributed by atoms with Gasteiger partial charge in [-0.15, -0.1) is 11.3 Å². The predicted molar refractivity (Wildman–Crippen MR) is 121 cm³/mol. The summed E-state index contributed by atoms with van der Waals surface area (Å²) >= 11 is 11.2. The van der Waals surface area contributed by atoms with Crippen molar-refractivity contribution in [1.82, 2.24) is 14.9 Å². The predicted octanol–water partition coefficient (Wildman–Crippen LogP) is 5.85. The fourth-order valence-electron chi connectivity index (χ4n) is 3.51. The molecule has 150 valence electrons. The molecule has 3 aromatic rings. The van der Waals surface area contributed by atoms with Gasteiger partial charge < -0.3 is 0 Å². The number of hydrogen-bond acceptors (Lipinski definition) is 5. The van der Waals surface area contributed by atoms with Crippen LogP contribution in [0, 0.1) is 6.92 Å². The first-order valence-corrected chi connectivity index (χ1v) is 11.4. The smallest absolute Gasteiger partial charge is 0.257 e. The molecule has 0 unspecified atom stereocenters. The number of carbonyl (C=O) groups excluding carboxylic acids is 1. The minimum atomic E-state index is -0.154. The lowest BCUT2D eigenvalue weighted by molar-refractivity contribution is 0.102. The molecule has 1 N–H and O–H groups in total. The summed E-state index contributed by atoms with van der Waals surface area (Å²) in [4.78, 5) is 23.9. The van der Waals surface area contributed by atoms with Crippen LogP contribution >= 0.6 is 38.9 Å². The lowest BCUT2D eigenvalue weighted by atomic mass is 10.1. The number of hydrogen-bond donors (Lipinski definition) is 1. The molecular weight excluding hydrogens is 472 g/mol. The first-order valence-electron chi connectivity index (χ1n) is 9.38. The van der Waals surface area contributed by atoms with Crippen LogP contribution in [0.2, 0.25) is 5.15 Å².